The summed E-state index contributed by atoms with van der Waals surface area (Å²) in [5, 5.41) is 5.79. The van der Waals surface area contributed by atoms with Crippen LogP contribution in [0.5, 0.6) is 5.75 Å². The number of carbonyl (C=O) groups is 3. The number of hydrogen-bond donors (Lipinski definition) is 2. The molecule has 0 saturated carbocycles. The smallest absolute Gasteiger partial charge is 0.319 e. The molecule has 0 spiro atoms. The van der Waals surface area contributed by atoms with Gasteiger partial charge in [0.1, 0.15) is 11.2 Å². The van der Waals surface area contributed by atoms with E-state index >= 15 is 0 Å². The van der Waals surface area contributed by atoms with E-state index in [1.165, 1.54) is 9.80 Å². The van der Waals surface area contributed by atoms with Crippen molar-refractivity contribution in [2.75, 3.05) is 51.1 Å². The fourth-order valence-corrected chi connectivity index (χ4v) is 5.21. The van der Waals surface area contributed by atoms with E-state index in [2.05, 4.69) is 31.5 Å². The van der Waals surface area contributed by atoms with E-state index in [1.54, 1.807) is 63.7 Å². The summed E-state index contributed by atoms with van der Waals surface area (Å²) < 4.78 is 13.7. The molecule has 44 heavy (non-hydrogen) atoms. The van der Waals surface area contributed by atoms with Crippen molar-refractivity contribution in [1.29, 1.82) is 0 Å². The zero-order chi connectivity index (χ0) is 32.0. The quantitative estimate of drug-likeness (QED) is 0.204. The summed E-state index contributed by atoms with van der Waals surface area (Å²) in [7, 11) is 4.77. The summed E-state index contributed by atoms with van der Waals surface area (Å²) in [6.45, 7) is 2.43. The molecule has 2 N–H and O–H groups in total. The molecule has 2 aromatic heterocycles. The van der Waals surface area contributed by atoms with Gasteiger partial charge in [0.2, 0.25) is 5.91 Å². The van der Waals surface area contributed by atoms with Crippen molar-refractivity contribution in [3.05, 3.63) is 86.2 Å². The lowest BCUT2D eigenvalue weighted by molar-refractivity contribution is -0.117. The molecule has 0 radical (unpaired) electrons. The van der Waals surface area contributed by atoms with Crippen LogP contribution in [-0.4, -0.2) is 73.0 Å². The van der Waals surface area contributed by atoms with Crippen molar-refractivity contribution in [1.82, 2.24) is 19.6 Å². The van der Waals surface area contributed by atoms with E-state index in [-0.39, 0.29) is 24.1 Å². The minimum atomic E-state index is -0.615. The fraction of sp³-hybridized carbons (Fsp3) is 0.267. The topological polar surface area (TPSA) is 118 Å². The number of halogens is 3. The van der Waals surface area contributed by atoms with Gasteiger partial charge in [-0.05, 0) is 65.3 Å². The molecule has 0 saturated heterocycles. The van der Waals surface area contributed by atoms with E-state index in [1.807, 2.05) is 23.6 Å². The van der Waals surface area contributed by atoms with Gasteiger partial charge < -0.3 is 29.9 Å². The Hall–Kier alpha value is -3.84. The number of benzene rings is 2. The van der Waals surface area contributed by atoms with Gasteiger partial charge in [-0.3, -0.25) is 14.0 Å². The fourth-order valence-electron chi connectivity index (χ4n) is 4.23. The predicted octanol–water partition coefficient (Wildman–Crippen LogP) is 5.79. The maximum Gasteiger partial charge on any atom is 0.319 e. The van der Waals surface area contributed by atoms with Gasteiger partial charge in [-0.1, -0.05) is 29.3 Å². The molecule has 0 bridgehead atoms. The number of likely N-dealkylation sites (N-methyl/N-ethyl adjacent to an activating group) is 2. The Balaban J connectivity index is 1.37. The Labute approximate surface area is 273 Å². The Morgan fingerprint density at radius 2 is 1.86 bits per heavy atom. The van der Waals surface area contributed by atoms with Crippen LogP contribution in [0, 0.1) is 6.92 Å². The number of amides is 4. The molecule has 4 aromatic rings. The Morgan fingerprint density at radius 1 is 1.09 bits per heavy atom. The molecule has 11 nitrogen and oxygen atoms in total. The average Bonchev–Trinajstić information content (AvgIpc) is 3.31. The number of pyridine rings is 1. The molecule has 4 amide bonds. The third-order valence-electron chi connectivity index (χ3n) is 6.73. The maximum absolute atomic E-state index is 13.0. The van der Waals surface area contributed by atoms with Crippen molar-refractivity contribution in [2.24, 2.45) is 0 Å². The van der Waals surface area contributed by atoms with E-state index in [4.69, 9.17) is 32.7 Å². The number of aryl methyl sites for hydroxylation is 1. The second kappa shape index (κ2) is 14.8. The molecule has 0 fully saturated rings. The lowest BCUT2D eigenvalue weighted by atomic mass is 10.2. The summed E-state index contributed by atoms with van der Waals surface area (Å²) in [5.74, 6) is -0.108. The standard InChI is InChI=1S/C30H31BrCl2N6O5/c1-18-27(31)39-12-6-9-24(28(39)35-18)44-17-21-22(32)10-11-23(26(21)33)38(3)25(40)16-34-30(42)36-20-8-5-7-19(15-20)29(41)37(2)13-14-43-4/h5-12,15H,13-14,16-17H2,1-4H3,(H2,34,36,42). The van der Waals surface area contributed by atoms with Crippen LogP contribution in [0.2, 0.25) is 10.0 Å². The first-order valence-corrected chi connectivity index (χ1v) is 15.0. The Kier molecular flexibility index (Phi) is 11.1. The molecule has 14 heteroatoms. The average molecular weight is 706 g/mol. The number of fused-ring (bicyclic) bond motifs is 1. The molecule has 0 aliphatic carbocycles. The summed E-state index contributed by atoms with van der Waals surface area (Å²) in [6.07, 6.45) is 1.87. The van der Waals surface area contributed by atoms with Crippen LogP contribution in [0.3, 0.4) is 0 Å². The predicted molar refractivity (Wildman–Crippen MR) is 174 cm³/mol. The van der Waals surface area contributed by atoms with Gasteiger partial charge in [-0.15, -0.1) is 0 Å². The van der Waals surface area contributed by atoms with Crippen molar-refractivity contribution >= 4 is 74.0 Å². The van der Waals surface area contributed by atoms with Crippen LogP contribution >= 0.6 is 39.1 Å². The number of carbonyl (C=O) groups excluding carboxylic acids is 3. The lowest BCUT2D eigenvalue weighted by Crippen LogP contribution is -2.40. The highest BCUT2D eigenvalue weighted by molar-refractivity contribution is 9.10. The number of urea groups is 1. The first-order valence-electron chi connectivity index (χ1n) is 13.4. The van der Waals surface area contributed by atoms with Gasteiger partial charge in [-0.2, -0.15) is 0 Å². The highest BCUT2D eigenvalue weighted by atomic mass is 79.9. The second-order valence-corrected chi connectivity index (χ2v) is 11.3. The van der Waals surface area contributed by atoms with Crippen molar-refractivity contribution in [3.8, 4) is 5.75 Å². The molecule has 2 aromatic carbocycles. The maximum atomic E-state index is 13.0. The van der Waals surface area contributed by atoms with Crippen LogP contribution in [0.15, 0.2) is 59.3 Å². The largest absolute Gasteiger partial charge is 0.485 e. The SMILES string of the molecule is COCCN(C)C(=O)c1cccc(NC(=O)NCC(=O)N(C)c2ccc(Cl)c(COc3cccn4c(Br)c(C)nc34)c2Cl)c1. The Bertz CT molecular complexity index is 1700. The number of methoxy groups -OCH3 is 1. The minimum absolute atomic E-state index is 0.0289. The summed E-state index contributed by atoms with van der Waals surface area (Å²) in [6, 6.07) is 12.8. The second-order valence-electron chi connectivity index (χ2n) is 9.76. The highest BCUT2D eigenvalue weighted by Gasteiger charge is 2.20. The molecule has 0 atom stereocenters. The number of imidazole rings is 1. The van der Waals surface area contributed by atoms with Crippen LogP contribution in [-0.2, 0) is 16.1 Å². The third-order valence-corrected chi connectivity index (χ3v) is 8.46. The third kappa shape index (κ3) is 7.62. The molecule has 0 aliphatic heterocycles. The summed E-state index contributed by atoms with van der Waals surface area (Å²) >= 11 is 16.7. The number of nitrogens with zero attached hydrogens (tertiary/aromatic N) is 4. The molecule has 4 rings (SSSR count). The molecular formula is C30H31BrCl2N6O5. The van der Waals surface area contributed by atoms with Crippen molar-refractivity contribution in [3.63, 3.8) is 0 Å². The van der Waals surface area contributed by atoms with Crippen LogP contribution in [0.25, 0.3) is 5.65 Å². The normalized spacial score (nSPS) is 10.9. The van der Waals surface area contributed by atoms with Crippen LogP contribution in [0.1, 0.15) is 21.6 Å². The Morgan fingerprint density at radius 3 is 2.61 bits per heavy atom. The highest BCUT2D eigenvalue weighted by Crippen LogP contribution is 2.35. The molecule has 232 valence electrons. The number of nitrogens with one attached hydrogen (secondary N) is 2. The van der Waals surface area contributed by atoms with Gasteiger partial charge in [-0.25, -0.2) is 9.78 Å². The zero-order valence-electron chi connectivity index (χ0n) is 24.5. The molecule has 0 aliphatic rings. The summed E-state index contributed by atoms with van der Waals surface area (Å²) in [4.78, 5) is 45.6. The molecule has 0 unspecified atom stereocenters. The van der Waals surface area contributed by atoms with E-state index in [0.717, 1.165) is 10.3 Å². The lowest BCUT2D eigenvalue weighted by Gasteiger charge is -2.21. The van der Waals surface area contributed by atoms with E-state index < -0.39 is 11.9 Å². The van der Waals surface area contributed by atoms with Gasteiger partial charge in [0.25, 0.3) is 5.91 Å². The van der Waals surface area contributed by atoms with Gasteiger partial charge in [0, 0.05) is 55.8 Å². The molecule has 2 heterocycles. The van der Waals surface area contributed by atoms with Crippen LogP contribution < -0.4 is 20.3 Å². The van der Waals surface area contributed by atoms with Crippen molar-refractivity contribution in [2.45, 2.75) is 13.5 Å². The first kappa shape index (κ1) is 33.1. The van der Waals surface area contributed by atoms with Crippen LogP contribution in [0.4, 0.5) is 16.2 Å². The summed E-state index contributed by atoms with van der Waals surface area (Å²) in [5.41, 5.74) is 3.12. The zero-order valence-corrected chi connectivity index (χ0v) is 27.6. The monoisotopic (exact) mass is 704 g/mol. The number of hydrogen-bond acceptors (Lipinski definition) is 6. The number of anilines is 2. The number of ether oxygens (including phenoxy) is 2. The van der Waals surface area contributed by atoms with Crippen molar-refractivity contribution < 1.29 is 23.9 Å². The van der Waals surface area contributed by atoms with E-state index in [9.17, 15) is 14.4 Å². The number of rotatable bonds is 11. The minimum Gasteiger partial charge on any atom is -0.485 e. The van der Waals surface area contributed by atoms with Gasteiger partial charge >= 0.3 is 6.03 Å². The van der Waals surface area contributed by atoms with E-state index in [0.29, 0.717) is 52.1 Å². The van der Waals surface area contributed by atoms with Gasteiger partial charge in [0.05, 0.1) is 29.6 Å². The molecular weight excluding hydrogens is 675 g/mol. The number of aromatic nitrogens is 2. The van der Waals surface area contributed by atoms with Gasteiger partial charge in [0.15, 0.2) is 11.4 Å². The first-order chi connectivity index (χ1) is 21.0.